The van der Waals surface area contributed by atoms with E-state index in [0.717, 1.165) is 26.2 Å². The largest absolute Gasteiger partial charge is 0.307 e. The van der Waals surface area contributed by atoms with E-state index >= 15 is 0 Å². The number of rotatable bonds is 7. The van der Waals surface area contributed by atoms with E-state index in [2.05, 4.69) is 36.0 Å². The zero-order valence-corrected chi connectivity index (χ0v) is 10.7. The minimum Gasteiger partial charge on any atom is -0.307 e. The van der Waals surface area contributed by atoms with Crippen LogP contribution in [0.5, 0.6) is 0 Å². The molecule has 1 N–H and O–H groups in total. The third-order valence-corrected chi connectivity index (χ3v) is 3.29. The lowest BCUT2D eigenvalue weighted by molar-refractivity contribution is 0.270. The summed E-state index contributed by atoms with van der Waals surface area (Å²) in [6.45, 7) is 10.9. The summed E-state index contributed by atoms with van der Waals surface area (Å²) in [6.07, 6.45) is 1.86. The summed E-state index contributed by atoms with van der Waals surface area (Å²) < 4.78 is 0. The van der Waals surface area contributed by atoms with Crippen LogP contribution in [0.15, 0.2) is 11.6 Å². The first-order valence-corrected chi connectivity index (χ1v) is 6.48. The lowest BCUT2D eigenvalue weighted by atomic mass is 10.3. The van der Waals surface area contributed by atoms with Crippen molar-refractivity contribution in [1.29, 1.82) is 0 Å². The number of likely N-dealkylation sites (N-methyl/N-ethyl adjacent to an activating group) is 1. The molecule has 0 saturated heterocycles. The van der Waals surface area contributed by atoms with E-state index in [1.165, 1.54) is 5.01 Å². The zero-order chi connectivity index (χ0) is 11.1. The minimum absolute atomic E-state index is 0.522. The van der Waals surface area contributed by atoms with Crippen molar-refractivity contribution in [3.8, 4) is 0 Å². The summed E-state index contributed by atoms with van der Waals surface area (Å²) in [4.78, 5) is 6.68. The molecule has 1 atom stereocenters. The standard InChI is InChI=1S/C11H21N3S/c1-4-14(5-2)9-10(3)13-8-11-12-6-7-15-11/h6-7,10,13H,4-5,8-9H2,1-3H3. The van der Waals surface area contributed by atoms with Crippen molar-refractivity contribution in [3.05, 3.63) is 16.6 Å². The van der Waals surface area contributed by atoms with Gasteiger partial charge >= 0.3 is 0 Å². The average Bonchev–Trinajstić information content (AvgIpc) is 2.75. The third-order valence-electron chi connectivity index (χ3n) is 2.51. The van der Waals surface area contributed by atoms with E-state index in [-0.39, 0.29) is 0 Å². The molecule has 15 heavy (non-hydrogen) atoms. The molecule has 0 aliphatic rings. The molecule has 0 amide bonds. The Hall–Kier alpha value is -0.450. The molecule has 0 aliphatic heterocycles. The van der Waals surface area contributed by atoms with Crippen molar-refractivity contribution in [2.24, 2.45) is 0 Å². The first-order valence-electron chi connectivity index (χ1n) is 5.60. The lowest BCUT2D eigenvalue weighted by Gasteiger charge is -2.23. The van der Waals surface area contributed by atoms with Crippen LogP contribution < -0.4 is 5.32 Å². The van der Waals surface area contributed by atoms with Crippen molar-refractivity contribution in [1.82, 2.24) is 15.2 Å². The maximum atomic E-state index is 4.25. The van der Waals surface area contributed by atoms with Crippen LogP contribution in [-0.2, 0) is 6.54 Å². The van der Waals surface area contributed by atoms with Gasteiger partial charge < -0.3 is 10.2 Å². The Kier molecular flexibility index (Phi) is 5.83. The Morgan fingerprint density at radius 3 is 2.73 bits per heavy atom. The van der Waals surface area contributed by atoms with Gasteiger partial charge in [0.2, 0.25) is 0 Å². The molecule has 1 aromatic rings. The van der Waals surface area contributed by atoms with Gasteiger partial charge in [0.1, 0.15) is 5.01 Å². The van der Waals surface area contributed by atoms with Crippen LogP contribution in [0.25, 0.3) is 0 Å². The van der Waals surface area contributed by atoms with Crippen molar-refractivity contribution >= 4 is 11.3 Å². The second-order valence-corrected chi connectivity index (χ2v) is 4.67. The Morgan fingerprint density at radius 1 is 1.47 bits per heavy atom. The highest BCUT2D eigenvalue weighted by Crippen LogP contribution is 2.03. The predicted molar refractivity (Wildman–Crippen MR) is 66.2 cm³/mol. The van der Waals surface area contributed by atoms with Crippen LogP contribution in [0.3, 0.4) is 0 Å². The van der Waals surface area contributed by atoms with Gasteiger partial charge in [-0.05, 0) is 20.0 Å². The van der Waals surface area contributed by atoms with Gasteiger partial charge in [0, 0.05) is 30.7 Å². The molecule has 0 aromatic carbocycles. The van der Waals surface area contributed by atoms with Gasteiger partial charge in [-0.15, -0.1) is 11.3 Å². The lowest BCUT2D eigenvalue weighted by Crippen LogP contribution is -2.38. The molecule has 1 rings (SSSR count). The number of aromatic nitrogens is 1. The van der Waals surface area contributed by atoms with Crippen molar-refractivity contribution in [2.75, 3.05) is 19.6 Å². The first kappa shape index (κ1) is 12.6. The smallest absolute Gasteiger partial charge is 0.106 e. The molecule has 0 bridgehead atoms. The summed E-state index contributed by atoms with van der Waals surface area (Å²) in [5.41, 5.74) is 0. The third kappa shape index (κ3) is 4.73. The van der Waals surface area contributed by atoms with Gasteiger partial charge in [-0.3, -0.25) is 0 Å². The topological polar surface area (TPSA) is 28.2 Å². The molecular weight excluding hydrogens is 206 g/mol. The second kappa shape index (κ2) is 6.93. The maximum Gasteiger partial charge on any atom is 0.106 e. The average molecular weight is 227 g/mol. The van der Waals surface area contributed by atoms with E-state index < -0.39 is 0 Å². The summed E-state index contributed by atoms with van der Waals surface area (Å²) in [7, 11) is 0. The Labute approximate surface area is 96.5 Å². The summed E-state index contributed by atoms with van der Waals surface area (Å²) in [6, 6.07) is 0.522. The fourth-order valence-corrected chi connectivity index (χ4v) is 2.10. The molecule has 0 saturated carbocycles. The van der Waals surface area contributed by atoms with Crippen LogP contribution in [0.4, 0.5) is 0 Å². The molecule has 1 heterocycles. The molecule has 1 unspecified atom stereocenters. The van der Waals surface area contributed by atoms with E-state index in [1.807, 2.05) is 11.6 Å². The molecule has 86 valence electrons. The molecular formula is C11H21N3S. The van der Waals surface area contributed by atoms with Crippen LogP contribution in [0, 0.1) is 0 Å². The molecule has 0 fully saturated rings. The van der Waals surface area contributed by atoms with Gasteiger partial charge in [0.05, 0.1) is 0 Å². The number of hydrogen-bond acceptors (Lipinski definition) is 4. The monoisotopic (exact) mass is 227 g/mol. The van der Waals surface area contributed by atoms with Gasteiger partial charge in [-0.1, -0.05) is 13.8 Å². The summed E-state index contributed by atoms with van der Waals surface area (Å²) in [5.74, 6) is 0. The number of hydrogen-bond donors (Lipinski definition) is 1. The van der Waals surface area contributed by atoms with E-state index in [1.54, 1.807) is 11.3 Å². The fraction of sp³-hybridized carbons (Fsp3) is 0.727. The van der Waals surface area contributed by atoms with Crippen molar-refractivity contribution in [3.63, 3.8) is 0 Å². The Balaban J connectivity index is 2.21. The van der Waals surface area contributed by atoms with E-state index in [0.29, 0.717) is 6.04 Å². The van der Waals surface area contributed by atoms with E-state index in [4.69, 9.17) is 0 Å². The van der Waals surface area contributed by atoms with Crippen LogP contribution in [0.2, 0.25) is 0 Å². The zero-order valence-electron chi connectivity index (χ0n) is 9.86. The van der Waals surface area contributed by atoms with E-state index in [9.17, 15) is 0 Å². The SMILES string of the molecule is CCN(CC)CC(C)NCc1nccs1. The normalized spacial score (nSPS) is 13.3. The highest BCUT2D eigenvalue weighted by Gasteiger charge is 2.06. The minimum atomic E-state index is 0.522. The fourth-order valence-electron chi connectivity index (χ4n) is 1.54. The summed E-state index contributed by atoms with van der Waals surface area (Å²) >= 11 is 1.71. The Morgan fingerprint density at radius 2 is 2.20 bits per heavy atom. The first-order chi connectivity index (χ1) is 7.26. The van der Waals surface area contributed by atoms with Crippen molar-refractivity contribution in [2.45, 2.75) is 33.4 Å². The molecule has 0 radical (unpaired) electrons. The molecule has 4 heteroatoms. The van der Waals surface area contributed by atoms with Gasteiger partial charge in [0.25, 0.3) is 0 Å². The highest BCUT2D eigenvalue weighted by atomic mass is 32.1. The molecule has 0 spiro atoms. The summed E-state index contributed by atoms with van der Waals surface area (Å²) in [5, 5.41) is 6.68. The number of nitrogens with zero attached hydrogens (tertiary/aromatic N) is 2. The van der Waals surface area contributed by atoms with Gasteiger partial charge in [-0.2, -0.15) is 0 Å². The van der Waals surface area contributed by atoms with Crippen LogP contribution >= 0.6 is 11.3 Å². The second-order valence-electron chi connectivity index (χ2n) is 3.69. The quantitative estimate of drug-likeness (QED) is 0.772. The number of thiazole rings is 1. The van der Waals surface area contributed by atoms with Gasteiger partial charge in [0.15, 0.2) is 0 Å². The molecule has 3 nitrogen and oxygen atoms in total. The van der Waals surface area contributed by atoms with Crippen LogP contribution in [-0.4, -0.2) is 35.6 Å². The van der Waals surface area contributed by atoms with Crippen molar-refractivity contribution < 1.29 is 0 Å². The van der Waals surface area contributed by atoms with Gasteiger partial charge in [-0.25, -0.2) is 4.98 Å². The number of nitrogens with one attached hydrogen (secondary N) is 1. The Bertz CT molecular complexity index is 244. The molecule has 1 aromatic heterocycles. The predicted octanol–water partition coefficient (Wildman–Crippen LogP) is 1.96. The van der Waals surface area contributed by atoms with Crippen LogP contribution in [0.1, 0.15) is 25.8 Å². The maximum absolute atomic E-state index is 4.25. The highest BCUT2D eigenvalue weighted by molar-refractivity contribution is 7.09. The molecule has 0 aliphatic carbocycles.